The van der Waals surface area contributed by atoms with Crippen LogP contribution in [0.3, 0.4) is 0 Å². The minimum absolute atomic E-state index is 0.110. The maximum atomic E-state index is 6.55. The summed E-state index contributed by atoms with van der Waals surface area (Å²) in [7, 11) is 0. The average molecular weight is 340 g/mol. The smallest absolute Gasteiger partial charge is 0.0557 e. The van der Waals surface area contributed by atoms with Gasteiger partial charge in [0.05, 0.1) is 6.04 Å². The molecule has 0 fully saturated rings. The predicted molar refractivity (Wildman–Crippen MR) is 93.6 cm³/mol. The summed E-state index contributed by atoms with van der Waals surface area (Å²) in [5.74, 6) is 0. The van der Waals surface area contributed by atoms with Crippen LogP contribution >= 0.6 is 15.9 Å². The fourth-order valence-corrected chi connectivity index (χ4v) is 3.40. The van der Waals surface area contributed by atoms with Gasteiger partial charge in [0.1, 0.15) is 0 Å². The molecule has 0 heterocycles. The Morgan fingerprint density at radius 1 is 0.857 bits per heavy atom. The quantitative estimate of drug-likeness (QED) is 0.676. The van der Waals surface area contributed by atoms with E-state index < -0.39 is 0 Å². The Balaban J connectivity index is 2.18. The average Bonchev–Trinajstić information content (AvgIpc) is 2.46. The van der Waals surface area contributed by atoms with Crippen LogP contribution in [0.2, 0.25) is 0 Å². The first-order valence-corrected chi connectivity index (χ1v) is 7.86. The van der Waals surface area contributed by atoms with E-state index >= 15 is 0 Å². The summed E-state index contributed by atoms with van der Waals surface area (Å²) in [6, 6.07) is 19.0. The molecule has 1 unspecified atom stereocenters. The van der Waals surface area contributed by atoms with Gasteiger partial charge in [0.2, 0.25) is 0 Å². The first kappa shape index (κ1) is 14.3. The van der Waals surface area contributed by atoms with Crippen molar-refractivity contribution in [1.82, 2.24) is 0 Å². The second kappa shape index (κ2) is 5.63. The number of nitrogens with two attached hydrogens (primary N) is 1. The summed E-state index contributed by atoms with van der Waals surface area (Å²) in [5, 5.41) is 2.41. The molecule has 3 rings (SSSR count). The second-order valence-electron chi connectivity index (χ2n) is 5.58. The molecule has 2 heteroatoms. The molecule has 0 aliphatic heterocycles. The molecule has 2 N–H and O–H groups in total. The van der Waals surface area contributed by atoms with Crippen LogP contribution in [-0.4, -0.2) is 0 Å². The van der Waals surface area contributed by atoms with Crippen LogP contribution in [0, 0.1) is 13.8 Å². The SMILES string of the molecule is Cc1cc(C)cc(C(N)c2ccc(Br)c3ccccc23)c1. The van der Waals surface area contributed by atoms with E-state index in [-0.39, 0.29) is 6.04 Å². The molecule has 3 aromatic rings. The van der Waals surface area contributed by atoms with Crippen molar-refractivity contribution in [3.05, 3.63) is 81.3 Å². The Morgan fingerprint density at radius 2 is 1.48 bits per heavy atom. The third-order valence-electron chi connectivity index (χ3n) is 3.84. The van der Waals surface area contributed by atoms with Gasteiger partial charge in [-0.2, -0.15) is 0 Å². The van der Waals surface area contributed by atoms with Crippen LogP contribution in [0.5, 0.6) is 0 Å². The zero-order valence-corrected chi connectivity index (χ0v) is 13.8. The molecule has 0 saturated carbocycles. The van der Waals surface area contributed by atoms with Crippen molar-refractivity contribution in [2.75, 3.05) is 0 Å². The van der Waals surface area contributed by atoms with Crippen molar-refractivity contribution in [3.8, 4) is 0 Å². The molecule has 0 aromatic heterocycles. The van der Waals surface area contributed by atoms with Gasteiger partial charge in [-0.15, -0.1) is 0 Å². The summed E-state index contributed by atoms with van der Waals surface area (Å²) in [6.45, 7) is 4.23. The number of hydrogen-bond donors (Lipinski definition) is 1. The van der Waals surface area contributed by atoms with Crippen molar-refractivity contribution in [2.45, 2.75) is 19.9 Å². The first-order chi connectivity index (χ1) is 10.1. The third-order valence-corrected chi connectivity index (χ3v) is 4.53. The standard InChI is InChI=1S/C19H18BrN/c1-12-9-13(2)11-14(10-12)19(21)17-7-8-18(20)16-6-4-3-5-15(16)17/h3-11,19H,21H2,1-2H3. The van der Waals surface area contributed by atoms with Crippen LogP contribution in [0.25, 0.3) is 10.8 Å². The Bertz CT molecular complexity index is 788. The number of rotatable bonds is 2. The summed E-state index contributed by atoms with van der Waals surface area (Å²) < 4.78 is 1.11. The van der Waals surface area contributed by atoms with E-state index in [1.54, 1.807) is 0 Å². The van der Waals surface area contributed by atoms with Gasteiger partial charge >= 0.3 is 0 Å². The van der Waals surface area contributed by atoms with Crippen molar-refractivity contribution < 1.29 is 0 Å². The van der Waals surface area contributed by atoms with Crippen molar-refractivity contribution in [3.63, 3.8) is 0 Å². The highest BCUT2D eigenvalue weighted by atomic mass is 79.9. The van der Waals surface area contributed by atoms with E-state index in [2.05, 4.69) is 84.4 Å². The Morgan fingerprint density at radius 3 is 2.14 bits per heavy atom. The van der Waals surface area contributed by atoms with Gasteiger partial charge in [0, 0.05) is 4.47 Å². The molecule has 0 saturated heterocycles. The first-order valence-electron chi connectivity index (χ1n) is 7.07. The summed E-state index contributed by atoms with van der Waals surface area (Å²) >= 11 is 3.62. The van der Waals surface area contributed by atoms with E-state index in [0.717, 1.165) is 4.47 Å². The maximum Gasteiger partial charge on any atom is 0.0557 e. The van der Waals surface area contributed by atoms with E-state index in [1.807, 2.05) is 0 Å². The highest BCUT2D eigenvalue weighted by Gasteiger charge is 2.14. The molecule has 0 radical (unpaired) electrons. The third kappa shape index (κ3) is 2.74. The van der Waals surface area contributed by atoms with Gasteiger partial charge in [-0.3, -0.25) is 0 Å². The molecule has 1 nitrogen and oxygen atoms in total. The number of hydrogen-bond acceptors (Lipinski definition) is 1. The lowest BCUT2D eigenvalue weighted by Gasteiger charge is -2.17. The molecule has 1 atom stereocenters. The molecule has 0 amide bonds. The minimum Gasteiger partial charge on any atom is -0.320 e. The molecular weight excluding hydrogens is 322 g/mol. The summed E-state index contributed by atoms with van der Waals surface area (Å²) in [5.41, 5.74) is 11.4. The lowest BCUT2D eigenvalue weighted by molar-refractivity contribution is 0.876. The lowest BCUT2D eigenvalue weighted by atomic mass is 9.93. The monoisotopic (exact) mass is 339 g/mol. The minimum atomic E-state index is -0.110. The topological polar surface area (TPSA) is 26.0 Å². The van der Waals surface area contributed by atoms with Crippen LogP contribution in [0.4, 0.5) is 0 Å². The van der Waals surface area contributed by atoms with Gasteiger partial charge < -0.3 is 5.73 Å². The summed E-state index contributed by atoms with van der Waals surface area (Å²) in [4.78, 5) is 0. The van der Waals surface area contributed by atoms with Crippen LogP contribution < -0.4 is 5.73 Å². The number of aryl methyl sites for hydroxylation is 2. The van der Waals surface area contributed by atoms with Crippen LogP contribution in [0.1, 0.15) is 28.3 Å². The normalized spacial score (nSPS) is 12.6. The van der Waals surface area contributed by atoms with Crippen molar-refractivity contribution >= 4 is 26.7 Å². The largest absolute Gasteiger partial charge is 0.320 e. The molecule has 0 spiro atoms. The van der Waals surface area contributed by atoms with Crippen molar-refractivity contribution in [1.29, 1.82) is 0 Å². The highest BCUT2D eigenvalue weighted by molar-refractivity contribution is 9.10. The maximum absolute atomic E-state index is 6.55. The molecule has 0 aliphatic carbocycles. The Hall–Kier alpha value is -1.64. The Labute approximate surface area is 133 Å². The fraction of sp³-hybridized carbons (Fsp3) is 0.158. The summed E-state index contributed by atoms with van der Waals surface area (Å²) in [6.07, 6.45) is 0. The molecule has 0 aliphatic rings. The van der Waals surface area contributed by atoms with Crippen LogP contribution in [-0.2, 0) is 0 Å². The van der Waals surface area contributed by atoms with Gasteiger partial charge in [0.25, 0.3) is 0 Å². The van der Waals surface area contributed by atoms with Crippen molar-refractivity contribution in [2.24, 2.45) is 5.73 Å². The second-order valence-corrected chi connectivity index (χ2v) is 6.44. The highest BCUT2D eigenvalue weighted by Crippen LogP contribution is 2.32. The molecule has 21 heavy (non-hydrogen) atoms. The van der Waals surface area contributed by atoms with Gasteiger partial charge in [-0.05, 0) is 41.8 Å². The number of benzene rings is 3. The van der Waals surface area contributed by atoms with Gasteiger partial charge in [-0.1, -0.05) is 75.6 Å². The molecule has 3 aromatic carbocycles. The molecular formula is C19H18BrN. The van der Waals surface area contributed by atoms with Gasteiger partial charge in [0.15, 0.2) is 0 Å². The predicted octanol–water partition coefficient (Wildman–Crippen LogP) is 5.27. The number of halogens is 1. The van der Waals surface area contributed by atoms with Crippen LogP contribution in [0.15, 0.2) is 59.1 Å². The lowest BCUT2D eigenvalue weighted by Crippen LogP contribution is -2.12. The Kier molecular flexibility index (Phi) is 3.83. The van der Waals surface area contributed by atoms with E-state index in [9.17, 15) is 0 Å². The fourth-order valence-electron chi connectivity index (χ4n) is 2.93. The zero-order chi connectivity index (χ0) is 15.0. The zero-order valence-electron chi connectivity index (χ0n) is 12.2. The van der Waals surface area contributed by atoms with E-state index in [0.29, 0.717) is 0 Å². The molecule has 106 valence electrons. The van der Waals surface area contributed by atoms with E-state index in [1.165, 1.54) is 33.0 Å². The van der Waals surface area contributed by atoms with Gasteiger partial charge in [-0.25, -0.2) is 0 Å². The van der Waals surface area contributed by atoms with E-state index in [4.69, 9.17) is 5.73 Å². The molecule has 0 bridgehead atoms. The number of fused-ring (bicyclic) bond motifs is 1.